The molecule has 1 aliphatic rings. The molecule has 1 aromatic carbocycles. The molecule has 0 bridgehead atoms. The van der Waals surface area contributed by atoms with Gasteiger partial charge in [-0.2, -0.15) is 4.68 Å². The molecule has 1 saturated carbocycles. The largest absolute Gasteiger partial charge is 0.461 e. The van der Waals surface area contributed by atoms with E-state index in [1.165, 1.54) is 15.5 Å². The fourth-order valence-electron chi connectivity index (χ4n) is 3.03. The van der Waals surface area contributed by atoms with E-state index in [0.717, 1.165) is 12.8 Å². The highest BCUT2D eigenvalue weighted by Gasteiger charge is 2.29. The zero-order valence-corrected chi connectivity index (χ0v) is 15.5. The lowest BCUT2D eigenvalue weighted by Gasteiger charge is -2.13. The van der Waals surface area contributed by atoms with Crippen molar-refractivity contribution in [1.29, 1.82) is 0 Å². The fraction of sp³-hybridized carbons (Fsp3) is 0.316. The van der Waals surface area contributed by atoms with E-state index in [1.54, 1.807) is 36.4 Å². The Morgan fingerprint density at radius 3 is 2.70 bits per heavy atom. The van der Waals surface area contributed by atoms with Crippen molar-refractivity contribution in [3.63, 3.8) is 0 Å². The molecule has 2 aromatic heterocycles. The smallest absolute Gasteiger partial charge is 0.351 e. The Labute approximate surface area is 160 Å². The normalized spacial score (nSPS) is 14.9. The second-order valence-corrected chi connectivity index (χ2v) is 7.19. The van der Waals surface area contributed by atoms with Gasteiger partial charge in [0.1, 0.15) is 6.54 Å². The third kappa shape index (κ3) is 3.68. The van der Waals surface area contributed by atoms with Gasteiger partial charge >= 0.3 is 5.69 Å². The van der Waals surface area contributed by atoms with Crippen molar-refractivity contribution in [2.45, 2.75) is 32.4 Å². The Balaban J connectivity index is 1.69. The van der Waals surface area contributed by atoms with Crippen molar-refractivity contribution < 1.29 is 9.21 Å². The van der Waals surface area contributed by atoms with E-state index in [4.69, 9.17) is 16.0 Å². The molecule has 1 aliphatic carbocycles. The average Bonchev–Trinajstić information content (AvgIpc) is 3.28. The van der Waals surface area contributed by atoms with Crippen LogP contribution in [0.5, 0.6) is 0 Å². The zero-order valence-electron chi connectivity index (χ0n) is 14.8. The summed E-state index contributed by atoms with van der Waals surface area (Å²) in [5.74, 6) is 1.03. The summed E-state index contributed by atoms with van der Waals surface area (Å²) in [6.07, 6.45) is 3.77. The van der Waals surface area contributed by atoms with Crippen LogP contribution in [0.2, 0.25) is 5.02 Å². The topological polar surface area (TPSA) is 82.1 Å². The standard InChI is InChI=1S/C19H19ClN4O3/c1-12(13-4-5-13)21-17(25)11-23-18(16-3-2-10-27-16)22-24(19(23)26)15-8-6-14(20)7-9-15/h2-3,6-10,12-13H,4-5,11H2,1H3,(H,21,25). The summed E-state index contributed by atoms with van der Waals surface area (Å²) < 4.78 is 7.97. The maximum absolute atomic E-state index is 12.9. The Morgan fingerprint density at radius 2 is 2.07 bits per heavy atom. The highest BCUT2D eigenvalue weighted by Crippen LogP contribution is 2.32. The molecule has 0 radical (unpaired) electrons. The van der Waals surface area contributed by atoms with E-state index in [9.17, 15) is 9.59 Å². The molecule has 1 fully saturated rings. The van der Waals surface area contributed by atoms with Gasteiger partial charge in [-0.05, 0) is 62.1 Å². The Hall–Kier alpha value is -2.80. The van der Waals surface area contributed by atoms with Crippen LogP contribution in [0.15, 0.2) is 51.9 Å². The highest BCUT2D eigenvalue weighted by atomic mass is 35.5. The molecule has 1 unspecified atom stereocenters. The molecule has 27 heavy (non-hydrogen) atoms. The number of aromatic nitrogens is 3. The number of hydrogen-bond acceptors (Lipinski definition) is 4. The molecule has 0 saturated heterocycles. The molecule has 4 rings (SSSR count). The minimum atomic E-state index is -0.419. The first-order valence-electron chi connectivity index (χ1n) is 8.82. The Kier molecular flexibility index (Phi) is 4.61. The van der Waals surface area contributed by atoms with Gasteiger partial charge in [0.15, 0.2) is 5.76 Å². The molecule has 1 atom stereocenters. The van der Waals surface area contributed by atoms with Gasteiger partial charge in [-0.1, -0.05) is 11.6 Å². The summed E-state index contributed by atoms with van der Waals surface area (Å²) in [5.41, 5.74) is 0.140. The quantitative estimate of drug-likeness (QED) is 0.706. The predicted molar refractivity (Wildman–Crippen MR) is 101 cm³/mol. The van der Waals surface area contributed by atoms with Crippen LogP contribution in [0.4, 0.5) is 0 Å². The minimum absolute atomic E-state index is 0.103. The zero-order chi connectivity index (χ0) is 19.0. The van der Waals surface area contributed by atoms with Gasteiger partial charge in [0.25, 0.3) is 0 Å². The van der Waals surface area contributed by atoms with Crippen molar-refractivity contribution in [1.82, 2.24) is 19.7 Å². The van der Waals surface area contributed by atoms with Crippen LogP contribution in [0.25, 0.3) is 17.3 Å². The van der Waals surface area contributed by atoms with E-state index in [2.05, 4.69) is 10.4 Å². The number of carbonyl (C=O) groups excluding carboxylic acids is 1. The monoisotopic (exact) mass is 386 g/mol. The van der Waals surface area contributed by atoms with E-state index in [-0.39, 0.29) is 18.5 Å². The molecular weight excluding hydrogens is 368 g/mol. The van der Waals surface area contributed by atoms with Crippen molar-refractivity contribution in [2.75, 3.05) is 0 Å². The van der Waals surface area contributed by atoms with Crippen molar-refractivity contribution in [3.8, 4) is 17.3 Å². The van der Waals surface area contributed by atoms with Crippen molar-refractivity contribution in [3.05, 3.63) is 58.2 Å². The molecule has 0 aliphatic heterocycles. The number of nitrogens with one attached hydrogen (secondary N) is 1. The van der Waals surface area contributed by atoms with E-state index in [1.807, 2.05) is 6.92 Å². The third-order valence-electron chi connectivity index (χ3n) is 4.69. The second-order valence-electron chi connectivity index (χ2n) is 6.75. The SMILES string of the molecule is CC(NC(=O)Cn1c(-c2ccco2)nn(-c2ccc(Cl)cc2)c1=O)C1CC1. The Bertz CT molecular complexity index is 1000. The fourth-order valence-corrected chi connectivity index (χ4v) is 3.16. The van der Waals surface area contributed by atoms with Crippen LogP contribution in [0.1, 0.15) is 19.8 Å². The molecule has 8 heteroatoms. The summed E-state index contributed by atoms with van der Waals surface area (Å²) in [4.78, 5) is 25.4. The first kappa shape index (κ1) is 17.6. The van der Waals surface area contributed by atoms with Gasteiger partial charge in [0.2, 0.25) is 11.7 Å². The van der Waals surface area contributed by atoms with Gasteiger partial charge in [-0.3, -0.25) is 9.36 Å². The van der Waals surface area contributed by atoms with Crippen molar-refractivity contribution >= 4 is 17.5 Å². The number of amides is 1. The number of carbonyl (C=O) groups is 1. The number of rotatable bonds is 6. The number of furan rings is 1. The molecule has 7 nitrogen and oxygen atoms in total. The summed E-state index contributed by atoms with van der Waals surface area (Å²) in [5, 5.41) is 7.91. The van der Waals surface area contributed by atoms with Gasteiger partial charge in [-0.25, -0.2) is 4.79 Å². The number of halogens is 1. The number of nitrogens with zero attached hydrogens (tertiary/aromatic N) is 3. The van der Waals surface area contributed by atoms with Crippen LogP contribution in [-0.4, -0.2) is 26.3 Å². The lowest BCUT2D eigenvalue weighted by Crippen LogP contribution is -2.38. The van der Waals surface area contributed by atoms with Gasteiger partial charge in [0.05, 0.1) is 12.0 Å². The molecule has 1 N–H and O–H groups in total. The summed E-state index contributed by atoms with van der Waals surface area (Å²) in [6, 6.07) is 10.3. The summed E-state index contributed by atoms with van der Waals surface area (Å²) in [6.45, 7) is 1.86. The van der Waals surface area contributed by atoms with Crippen LogP contribution in [0, 0.1) is 5.92 Å². The van der Waals surface area contributed by atoms with Gasteiger partial charge in [-0.15, -0.1) is 5.10 Å². The number of benzene rings is 1. The first-order chi connectivity index (χ1) is 13.0. The maximum Gasteiger partial charge on any atom is 0.351 e. The second kappa shape index (κ2) is 7.08. The van der Waals surface area contributed by atoms with Crippen LogP contribution in [0.3, 0.4) is 0 Å². The van der Waals surface area contributed by atoms with Crippen LogP contribution in [-0.2, 0) is 11.3 Å². The highest BCUT2D eigenvalue weighted by molar-refractivity contribution is 6.30. The maximum atomic E-state index is 12.9. The van der Waals surface area contributed by atoms with E-state index >= 15 is 0 Å². The van der Waals surface area contributed by atoms with Gasteiger partial charge in [0, 0.05) is 11.1 Å². The molecule has 140 valence electrons. The number of hydrogen-bond donors (Lipinski definition) is 1. The molecular formula is C19H19ClN4O3. The molecule has 3 aromatic rings. The van der Waals surface area contributed by atoms with Crippen LogP contribution >= 0.6 is 11.6 Å². The lowest BCUT2D eigenvalue weighted by molar-refractivity contribution is -0.122. The van der Waals surface area contributed by atoms with Crippen molar-refractivity contribution in [2.24, 2.45) is 5.92 Å². The predicted octanol–water partition coefficient (Wildman–Crippen LogP) is 2.86. The average molecular weight is 387 g/mol. The molecule has 2 heterocycles. The first-order valence-corrected chi connectivity index (χ1v) is 9.20. The lowest BCUT2D eigenvalue weighted by atomic mass is 10.2. The van der Waals surface area contributed by atoms with E-state index in [0.29, 0.717) is 28.2 Å². The minimum Gasteiger partial charge on any atom is -0.461 e. The summed E-state index contributed by atoms with van der Waals surface area (Å²) >= 11 is 5.92. The molecule has 1 amide bonds. The van der Waals surface area contributed by atoms with Gasteiger partial charge < -0.3 is 9.73 Å². The Morgan fingerprint density at radius 1 is 1.33 bits per heavy atom. The third-order valence-corrected chi connectivity index (χ3v) is 4.95. The molecule has 0 spiro atoms. The van der Waals surface area contributed by atoms with E-state index < -0.39 is 5.69 Å². The van der Waals surface area contributed by atoms with Crippen LogP contribution < -0.4 is 11.0 Å². The summed E-state index contributed by atoms with van der Waals surface area (Å²) in [7, 11) is 0.